The van der Waals surface area contributed by atoms with E-state index >= 15 is 0 Å². The van der Waals surface area contributed by atoms with E-state index in [0.717, 1.165) is 75.2 Å². The number of hydrogen-bond donors (Lipinski definition) is 1. The number of likely N-dealkylation sites (tertiary alicyclic amines) is 2. The summed E-state index contributed by atoms with van der Waals surface area (Å²) >= 11 is 6.14. The predicted molar refractivity (Wildman–Crippen MR) is 144 cm³/mol. The number of fused-ring (bicyclic) bond motifs is 1. The molecule has 3 atom stereocenters. The number of benzene rings is 1. The van der Waals surface area contributed by atoms with Crippen molar-refractivity contribution in [2.75, 3.05) is 32.7 Å². The second kappa shape index (κ2) is 10.9. The van der Waals surface area contributed by atoms with Crippen LogP contribution in [0.1, 0.15) is 61.6 Å². The molecule has 0 spiro atoms. The highest BCUT2D eigenvalue weighted by atomic mass is 35.5. The zero-order chi connectivity index (χ0) is 26.2. The van der Waals surface area contributed by atoms with Crippen molar-refractivity contribution in [1.29, 1.82) is 0 Å². The Morgan fingerprint density at radius 3 is 2.66 bits per heavy atom. The highest BCUT2D eigenvalue weighted by Gasteiger charge is 2.41. The predicted octanol–water partition coefficient (Wildman–Crippen LogP) is 5.06. The zero-order valence-corrected chi connectivity index (χ0v) is 22.3. The number of carboxylic acid groups (broad SMARTS) is 1. The number of aromatic nitrogens is 3. The molecule has 7 nitrogen and oxygen atoms in total. The maximum absolute atomic E-state index is 14.2. The zero-order valence-electron chi connectivity index (χ0n) is 21.6. The fourth-order valence-electron chi connectivity index (χ4n) is 6.80. The molecule has 1 aliphatic carbocycles. The summed E-state index contributed by atoms with van der Waals surface area (Å²) in [6.45, 7) is 4.20. The molecule has 1 aromatic carbocycles. The van der Waals surface area contributed by atoms with Crippen LogP contribution in [0.15, 0.2) is 42.6 Å². The number of hydrogen-bond acceptors (Lipinski definition) is 5. The highest BCUT2D eigenvalue weighted by Crippen LogP contribution is 2.39. The number of aliphatic carboxylic acids is 1. The van der Waals surface area contributed by atoms with E-state index in [1.165, 1.54) is 12.5 Å². The van der Waals surface area contributed by atoms with Gasteiger partial charge in [0.15, 0.2) is 5.65 Å². The molecule has 202 valence electrons. The van der Waals surface area contributed by atoms with Gasteiger partial charge in [-0.15, -0.1) is 0 Å². The molecule has 38 heavy (non-hydrogen) atoms. The van der Waals surface area contributed by atoms with E-state index in [0.29, 0.717) is 23.5 Å². The maximum Gasteiger partial charge on any atom is 0.320 e. The van der Waals surface area contributed by atoms with Gasteiger partial charge < -0.3 is 10.0 Å². The number of rotatable bonds is 8. The summed E-state index contributed by atoms with van der Waals surface area (Å²) in [7, 11) is 0. The van der Waals surface area contributed by atoms with Crippen LogP contribution < -0.4 is 0 Å². The molecule has 0 bridgehead atoms. The lowest BCUT2D eigenvalue weighted by Crippen LogP contribution is -2.43. The fourth-order valence-corrected chi connectivity index (χ4v) is 6.94. The molecule has 2 aliphatic heterocycles. The van der Waals surface area contributed by atoms with Crippen molar-refractivity contribution in [2.24, 2.45) is 11.8 Å². The Bertz CT molecular complexity index is 1290. The molecule has 0 radical (unpaired) electrons. The summed E-state index contributed by atoms with van der Waals surface area (Å²) in [5.74, 6) is 0.310. The third kappa shape index (κ3) is 5.31. The molecule has 9 heteroatoms. The van der Waals surface area contributed by atoms with Crippen LogP contribution in [0.2, 0.25) is 5.15 Å². The van der Waals surface area contributed by atoms with Gasteiger partial charge in [0.05, 0.1) is 11.9 Å². The van der Waals surface area contributed by atoms with Crippen molar-refractivity contribution < 1.29 is 14.3 Å². The number of piperidine rings is 1. The van der Waals surface area contributed by atoms with Crippen molar-refractivity contribution in [3.8, 4) is 0 Å². The number of carbonyl (C=O) groups is 1. The molecule has 6 rings (SSSR count). The molecule has 1 saturated carbocycles. The van der Waals surface area contributed by atoms with Gasteiger partial charge >= 0.3 is 5.97 Å². The Balaban J connectivity index is 1.15. The third-order valence-electron chi connectivity index (χ3n) is 9.11. The molecule has 3 aromatic rings. The molecule has 2 saturated heterocycles. The maximum atomic E-state index is 14.2. The minimum absolute atomic E-state index is 0.122. The first-order valence-corrected chi connectivity index (χ1v) is 14.3. The average molecular weight is 540 g/mol. The van der Waals surface area contributed by atoms with E-state index in [2.05, 4.69) is 19.9 Å². The van der Waals surface area contributed by atoms with Crippen LogP contribution in [0.25, 0.3) is 5.65 Å². The molecule has 3 unspecified atom stereocenters. The van der Waals surface area contributed by atoms with Gasteiger partial charge in [0, 0.05) is 31.5 Å². The molecular weight excluding hydrogens is 505 g/mol. The first-order chi connectivity index (χ1) is 18.4. The van der Waals surface area contributed by atoms with E-state index < -0.39 is 12.0 Å². The van der Waals surface area contributed by atoms with E-state index in [1.54, 1.807) is 18.2 Å². The molecular formula is C29H35ClFN5O2. The topological polar surface area (TPSA) is 74.0 Å². The van der Waals surface area contributed by atoms with Crippen LogP contribution in [0, 0.1) is 17.7 Å². The monoisotopic (exact) mass is 539 g/mol. The fraction of sp³-hybridized carbons (Fsp3) is 0.552. The molecule has 2 aromatic heterocycles. The smallest absolute Gasteiger partial charge is 0.320 e. The molecule has 0 amide bonds. The van der Waals surface area contributed by atoms with Gasteiger partial charge in [-0.2, -0.15) is 5.10 Å². The lowest BCUT2D eigenvalue weighted by atomic mass is 9.80. The summed E-state index contributed by atoms with van der Waals surface area (Å²) < 4.78 is 16.1. The summed E-state index contributed by atoms with van der Waals surface area (Å²) in [6, 6.07) is 10.1. The number of nitrogens with zero attached hydrogens (tertiary/aromatic N) is 5. The van der Waals surface area contributed by atoms with Crippen LogP contribution in [-0.4, -0.2) is 74.2 Å². The molecule has 3 fully saturated rings. The van der Waals surface area contributed by atoms with Gasteiger partial charge in [0.1, 0.15) is 17.0 Å². The largest absolute Gasteiger partial charge is 0.480 e. The molecule has 1 N–H and O–H groups in total. The Morgan fingerprint density at radius 2 is 1.95 bits per heavy atom. The average Bonchev–Trinajstić information content (AvgIpc) is 3.48. The first kappa shape index (κ1) is 25.7. The van der Waals surface area contributed by atoms with Crippen LogP contribution in [0.3, 0.4) is 0 Å². The number of imidazole rings is 1. The Labute approximate surface area is 227 Å². The quantitative estimate of drug-likeness (QED) is 0.431. The van der Waals surface area contributed by atoms with Gasteiger partial charge in [-0.05, 0) is 74.0 Å². The van der Waals surface area contributed by atoms with Crippen molar-refractivity contribution in [2.45, 2.75) is 56.4 Å². The molecule has 3 aliphatic rings. The van der Waals surface area contributed by atoms with Crippen molar-refractivity contribution >= 4 is 23.2 Å². The highest BCUT2D eigenvalue weighted by molar-refractivity contribution is 6.29. The minimum atomic E-state index is -0.724. The van der Waals surface area contributed by atoms with E-state index in [9.17, 15) is 14.3 Å². The van der Waals surface area contributed by atoms with Crippen molar-refractivity contribution in [3.05, 3.63) is 64.8 Å². The van der Waals surface area contributed by atoms with E-state index in [-0.39, 0.29) is 17.7 Å². The van der Waals surface area contributed by atoms with Gasteiger partial charge in [0.2, 0.25) is 0 Å². The second-order valence-electron chi connectivity index (χ2n) is 11.4. The standard InChI is InChI=1S/C29H35ClFN5O2/c30-27-7-8-28-32-15-26(36(28)33-27)20-9-11-34(12-10-20)16-22-17-35(25(29(37)38)13-19-3-1-4-19)18-24(22)21-5-2-6-23(31)14-21/h2,5-8,14-15,19-20,22,24-25H,1,3-4,9-13,16-18H2,(H,37,38). The third-order valence-corrected chi connectivity index (χ3v) is 9.31. The van der Waals surface area contributed by atoms with Crippen LogP contribution >= 0.6 is 11.6 Å². The van der Waals surface area contributed by atoms with Crippen LogP contribution in [0.5, 0.6) is 0 Å². The van der Waals surface area contributed by atoms with Crippen molar-refractivity contribution in [1.82, 2.24) is 24.4 Å². The number of carboxylic acids is 1. The Hall–Kier alpha value is -2.55. The van der Waals surface area contributed by atoms with E-state index in [1.807, 2.05) is 22.8 Å². The summed E-state index contributed by atoms with van der Waals surface area (Å²) in [5.41, 5.74) is 2.90. The lowest BCUT2D eigenvalue weighted by molar-refractivity contribution is -0.144. The Morgan fingerprint density at radius 1 is 1.13 bits per heavy atom. The number of halogens is 2. The summed E-state index contributed by atoms with van der Waals surface area (Å²) in [4.78, 5) is 21.5. The van der Waals surface area contributed by atoms with Gasteiger partial charge in [-0.1, -0.05) is 43.0 Å². The SMILES string of the molecule is O=C(O)C(CC1CCC1)N1CC(CN2CCC(c3cnc4ccc(Cl)nn34)CC2)C(c2cccc(F)c2)C1. The first-order valence-electron chi connectivity index (χ1n) is 13.9. The summed E-state index contributed by atoms with van der Waals surface area (Å²) in [6.07, 6.45) is 8.13. The minimum Gasteiger partial charge on any atom is -0.480 e. The van der Waals surface area contributed by atoms with Gasteiger partial charge in [-0.25, -0.2) is 13.9 Å². The van der Waals surface area contributed by atoms with E-state index in [4.69, 9.17) is 11.6 Å². The van der Waals surface area contributed by atoms with Crippen molar-refractivity contribution in [3.63, 3.8) is 0 Å². The van der Waals surface area contributed by atoms with Crippen LogP contribution in [-0.2, 0) is 4.79 Å². The Kier molecular flexibility index (Phi) is 7.38. The van der Waals surface area contributed by atoms with Gasteiger partial charge in [0.25, 0.3) is 0 Å². The molecule has 4 heterocycles. The second-order valence-corrected chi connectivity index (χ2v) is 11.8. The lowest BCUT2D eigenvalue weighted by Gasteiger charge is -2.34. The summed E-state index contributed by atoms with van der Waals surface area (Å²) in [5, 5.41) is 15.0. The van der Waals surface area contributed by atoms with Crippen LogP contribution in [0.4, 0.5) is 4.39 Å². The van der Waals surface area contributed by atoms with Gasteiger partial charge in [-0.3, -0.25) is 9.69 Å². The normalized spacial score (nSPS) is 24.6.